The Labute approximate surface area is 104 Å². The number of para-hydroxylation sites is 1. The van der Waals surface area contributed by atoms with Gasteiger partial charge in [-0.1, -0.05) is 25.1 Å². The van der Waals surface area contributed by atoms with Gasteiger partial charge >= 0.3 is 0 Å². The fraction of sp³-hybridized carbons (Fsp3) is 0.600. The van der Waals surface area contributed by atoms with Crippen molar-refractivity contribution in [3.05, 3.63) is 29.8 Å². The van der Waals surface area contributed by atoms with E-state index in [1.54, 1.807) is 0 Å². The van der Waals surface area contributed by atoms with E-state index in [0.29, 0.717) is 0 Å². The number of benzene rings is 1. The zero-order valence-corrected chi connectivity index (χ0v) is 11.1. The average Bonchev–Trinajstić information content (AvgIpc) is 2.96. The van der Waals surface area contributed by atoms with Gasteiger partial charge in [0.1, 0.15) is 5.75 Å². The fourth-order valence-corrected chi connectivity index (χ4v) is 2.09. The standard InChI is InChI=1S/C15H23NO/c1-11(2)17-15-7-5-4-6-13(15)9-16-10-14-8-12(14)3/h4-7,11-12,14,16H,8-10H2,1-3H3. The SMILES string of the molecule is CC(C)Oc1ccccc1CNCC1CC1C. The number of rotatable bonds is 6. The molecule has 2 atom stereocenters. The highest BCUT2D eigenvalue weighted by Gasteiger charge is 2.31. The Hall–Kier alpha value is -1.02. The van der Waals surface area contributed by atoms with Crippen molar-refractivity contribution in [1.29, 1.82) is 0 Å². The largest absolute Gasteiger partial charge is 0.491 e. The predicted molar refractivity (Wildman–Crippen MR) is 71.2 cm³/mol. The summed E-state index contributed by atoms with van der Waals surface area (Å²) in [6.45, 7) is 8.50. The lowest BCUT2D eigenvalue weighted by molar-refractivity contribution is 0.239. The molecule has 0 heterocycles. The predicted octanol–water partition coefficient (Wildman–Crippen LogP) is 3.22. The van der Waals surface area contributed by atoms with Crippen molar-refractivity contribution >= 4 is 0 Å². The number of hydrogen-bond acceptors (Lipinski definition) is 2. The summed E-state index contributed by atoms with van der Waals surface area (Å²) in [7, 11) is 0. The van der Waals surface area contributed by atoms with Gasteiger partial charge in [-0.3, -0.25) is 0 Å². The molecule has 1 aliphatic carbocycles. The van der Waals surface area contributed by atoms with E-state index in [1.165, 1.54) is 12.0 Å². The molecular formula is C15H23NO. The summed E-state index contributed by atoms with van der Waals surface area (Å²) in [4.78, 5) is 0. The molecule has 1 N–H and O–H groups in total. The maximum absolute atomic E-state index is 5.80. The van der Waals surface area contributed by atoms with Crippen LogP contribution in [-0.4, -0.2) is 12.6 Å². The Morgan fingerprint density at radius 3 is 2.71 bits per heavy atom. The third-order valence-electron chi connectivity index (χ3n) is 3.33. The van der Waals surface area contributed by atoms with Crippen LogP contribution >= 0.6 is 0 Å². The molecule has 0 spiro atoms. The van der Waals surface area contributed by atoms with Gasteiger partial charge in [-0.15, -0.1) is 0 Å². The molecule has 1 saturated carbocycles. The Kier molecular flexibility index (Phi) is 4.06. The van der Waals surface area contributed by atoms with Crippen LogP contribution in [0.1, 0.15) is 32.8 Å². The highest BCUT2D eigenvalue weighted by Crippen LogP contribution is 2.36. The van der Waals surface area contributed by atoms with Gasteiger partial charge in [-0.25, -0.2) is 0 Å². The van der Waals surface area contributed by atoms with Gasteiger partial charge in [-0.05, 0) is 44.7 Å². The first-order chi connectivity index (χ1) is 8.16. The number of ether oxygens (including phenoxy) is 1. The van der Waals surface area contributed by atoms with Gasteiger partial charge in [0, 0.05) is 12.1 Å². The Bertz CT molecular complexity index is 362. The van der Waals surface area contributed by atoms with Gasteiger partial charge in [0.05, 0.1) is 6.10 Å². The molecule has 94 valence electrons. The summed E-state index contributed by atoms with van der Waals surface area (Å²) in [5.41, 5.74) is 1.26. The van der Waals surface area contributed by atoms with Crippen molar-refractivity contribution in [3.63, 3.8) is 0 Å². The first kappa shape index (κ1) is 12.4. The Morgan fingerprint density at radius 1 is 1.35 bits per heavy atom. The van der Waals surface area contributed by atoms with Crippen LogP contribution in [0.15, 0.2) is 24.3 Å². The van der Waals surface area contributed by atoms with E-state index in [9.17, 15) is 0 Å². The first-order valence-electron chi connectivity index (χ1n) is 6.62. The lowest BCUT2D eigenvalue weighted by Crippen LogP contribution is -2.18. The van der Waals surface area contributed by atoms with E-state index < -0.39 is 0 Å². The molecule has 0 aromatic heterocycles. The number of hydrogen-bond donors (Lipinski definition) is 1. The molecule has 2 nitrogen and oxygen atoms in total. The summed E-state index contributed by atoms with van der Waals surface area (Å²) in [5.74, 6) is 2.83. The van der Waals surface area contributed by atoms with Crippen LogP contribution < -0.4 is 10.1 Å². The second kappa shape index (κ2) is 5.54. The summed E-state index contributed by atoms with van der Waals surface area (Å²) in [6, 6.07) is 8.30. The van der Waals surface area contributed by atoms with Gasteiger partial charge in [0.2, 0.25) is 0 Å². The van der Waals surface area contributed by atoms with Crippen LogP contribution in [0.5, 0.6) is 5.75 Å². The number of nitrogens with one attached hydrogen (secondary N) is 1. The molecule has 1 aromatic carbocycles. The van der Waals surface area contributed by atoms with Crippen LogP contribution in [0.4, 0.5) is 0 Å². The molecule has 2 heteroatoms. The lowest BCUT2D eigenvalue weighted by atomic mass is 10.2. The van der Waals surface area contributed by atoms with E-state index >= 15 is 0 Å². The summed E-state index contributed by atoms with van der Waals surface area (Å²) >= 11 is 0. The molecule has 17 heavy (non-hydrogen) atoms. The van der Waals surface area contributed by atoms with E-state index in [0.717, 1.165) is 30.7 Å². The highest BCUT2D eigenvalue weighted by molar-refractivity contribution is 5.33. The molecule has 0 bridgehead atoms. The second-order valence-corrected chi connectivity index (χ2v) is 5.38. The molecule has 0 radical (unpaired) electrons. The third-order valence-corrected chi connectivity index (χ3v) is 3.33. The second-order valence-electron chi connectivity index (χ2n) is 5.38. The van der Waals surface area contributed by atoms with Crippen molar-refractivity contribution in [2.45, 2.75) is 39.8 Å². The van der Waals surface area contributed by atoms with Crippen molar-refractivity contribution in [1.82, 2.24) is 5.32 Å². The molecular weight excluding hydrogens is 210 g/mol. The quantitative estimate of drug-likeness (QED) is 0.814. The van der Waals surface area contributed by atoms with Crippen LogP contribution in [0.2, 0.25) is 0 Å². The monoisotopic (exact) mass is 233 g/mol. The van der Waals surface area contributed by atoms with Crippen molar-refractivity contribution in [2.75, 3.05) is 6.54 Å². The Morgan fingerprint density at radius 2 is 2.06 bits per heavy atom. The molecule has 0 amide bonds. The van der Waals surface area contributed by atoms with Crippen LogP contribution in [-0.2, 0) is 6.54 Å². The van der Waals surface area contributed by atoms with Gasteiger partial charge < -0.3 is 10.1 Å². The molecule has 1 aromatic rings. The van der Waals surface area contributed by atoms with Crippen LogP contribution in [0.25, 0.3) is 0 Å². The molecule has 0 saturated heterocycles. The zero-order valence-electron chi connectivity index (χ0n) is 11.1. The lowest BCUT2D eigenvalue weighted by Gasteiger charge is -2.14. The molecule has 2 rings (SSSR count). The zero-order chi connectivity index (χ0) is 12.3. The smallest absolute Gasteiger partial charge is 0.124 e. The third kappa shape index (κ3) is 3.74. The van der Waals surface area contributed by atoms with Crippen LogP contribution in [0, 0.1) is 11.8 Å². The van der Waals surface area contributed by atoms with E-state index in [-0.39, 0.29) is 6.10 Å². The summed E-state index contributed by atoms with van der Waals surface area (Å²) in [6.07, 6.45) is 1.62. The normalized spacial score (nSPS) is 22.8. The summed E-state index contributed by atoms with van der Waals surface area (Å²) in [5, 5.41) is 3.53. The van der Waals surface area contributed by atoms with Gasteiger partial charge in [-0.2, -0.15) is 0 Å². The molecule has 1 fully saturated rings. The molecule has 2 unspecified atom stereocenters. The summed E-state index contributed by atoms with van der Waals surface area (Å²) < 4.78 is 5.80. The van der Waals surface area contributed by atoms with Gasteiger partial charge in [0.25, 0.3) is 0 Å². The topological polar surface area (TPSA) is 21.3 Å². The Balaban J connectivity index is 1.85. The maximum atomic E-state index is 5.80. The van der Waals surface area contributed by atoms with E-state index in [4.69, 9.17) is 4.74 Å². The van der Waals surface area contributed by atoms with E-state index in [2.05, 4.69) is 44.3 Å². The molecule has 0 aliphatic heterocycles. The first-order valence-corrected chi connectivity index (χ1v) is 6.62. The minimum Gasteiger partial charge on any atom is -0.491 e. The van der Waals surface area contributed by atoms with Crippen LogP contribution in [0.3, 0.4) is 0 Å². The highest BCUT2D eigenvalue weighted by atomic mass is 16.5. The van der Waals surface area contributed by atoms with Crippen molar-refractivity contribution < 1.29 is 4.74 Å². The average molecular weight is 233 g/mol. The van der Waals surface area contributed by atoms with Crippen molar-refractivity contribution in [2.24, 2.45) is 11.8 Å². The van der Waals surface area contributed by atoms with Gasteiger partial charge in [0.15, 0.2) is 0 Å². The minimum absolute atomic E-state index is 0.236. The fourth-order valence-electron chi connectivity index (χ4n) is 2.09. The van der Waals surface area contributed by atoms with Crippen molar-refractivity contribution in [3.8, 4) is 5.75 Å². The molecule has 1 aliphatic rings. The van der Waals surface area contributed by atoms with E-state index in [1.807, 2.05) is 6.07 Å². The maximum Gasteiger partial charge on any atom is 0.124 e. The minimum atomic E-state index is 0.236.